The standard InChI is InChI=1S/C9H18O.Y/c1-8(2)10-7-6-9(3,4)5;/h6H,7H2,1-5H3;/q-2;. The van der Waals surface area contributed by atoms with Crippen LogP contribution in [-0.4, -0.2) is 6.61 Å². The Morgan fingerprint density at radius 3 is 2.00 bits per heavy atom. The second-order valence-corrected chi connectivity index (χ2v) is 3.79. The predicted molar refractivity (Wildman–Crippen MR) is 44.3 cm³/mol. The number of hydrogen-bond acceptors (Lipinski definition) is 1. The van der Waals surface area contributed by atoms with Gasteiger partial charge in [0.15, 0.2) is 0 Å². The topological polar surface area (TPSA) is 9.23 Å². The normalized spacial score (nSPS) is 11.5. The Morgan fingerprint density at radius 1 is 1.27 bits per heavy atom. The fourth-order valence-electron chi connectivity index (χ4n) is 0.458. The number of ether oxygens (including phenoxy) is 1. The van der Waals surface area contributed by atoms with Crippen molar-refractivity contribution in [1.82, 2.24) is 0 Å². The summed E-state index contributed by atoms with van der Waals surface area (Å²) in [6.45, 7) is 11.2. The zero-order valence-electron chi connectivity index (χ0n) is 8.27. The molecule has 0 unspecified atom stereocenters. The molecule has 0 amide bonds. The van der Waals surface area contributed by atoms with Gasteiger partial charge in [-0.1, -0.05) is 20.8 Å². The van der Waals surface area contributed by atoms with Crippen molar-refractivity contribution >= 4 is 0 Å². The molecule has 65 valence electrons. The van der Waals surface area contributed by atoms with E-state index in [0.717, 1.165) is 12.7 Å². The van der Waals surface area contributed by atoms with Gasteiger partial charge < -0.3 is 11.2 Å². The molecule has 0 aromatic carbocycles. The Labute approximate surface area is 96.2 Å². The quantitative estimate of drug-likeness (QED) is 0.678. The summed E-state index contributed by atoms with van der Waals surface area (Å²) >= 11 is 0. The first-order valence-corrected chi connectivity index (χ1v) is 3.69. The number of hydrogen-bond donors (Lipinski definition) is 0. The summed E-state index contributed by atoms with van der Waals surface area (Å²) in [5.41, 5.74) is 0.273. The van der Waals surface area contributed by atoms with Crippen molar-refractivity contribution in [1.29, 1.82) is 0 Å². The third-order valence-corrected chi connectivity index (χ3v) is 1.07. The predicted octanol–water partition coefficient (Wildman–Crippen LogP) is 2.82. The van der Waals surface area contributed by atoms with Crippen LogP contribution in [0.15, 0.2) is 0 Å². The van der Waals surface area contributed by atoms with E-state index < -0.39 is 0 Å². The van der Waals surface area contributed by atoms with Crippen molar-refractivity contribution in [2.75, 3.05) is 6.61 Å². The van der Waals surface area contributed by atoms with Crippen LogP contribution >= 0.6 is 0 Å². The first kappa shape index (κ1) is 14.6. The SMILES string of the molecule is C[C-](C)OC[CH-]C(C)(C)C.[Y]. The number of rotatable bonds is 3. The molecule has 2 heteroatoms. The molecule has 11 heavy (non-hydrogen) atoms. The molecular weight excluding hydrogens is 213 g/mol. The zero-order chi connectivity index (χ0) is 8.20. The Hall–Kier alpha value is 1.06. The molecule has 0 atom stereocenters. The summed E-state index contributed by atoms with van der Waals surface area (Å²) in [5, 5.41) is 0. The van der Waals surface area contributed by atoms with E-state index in [9.17, 15) is 0 Å². The minimum atomic E-state index is 0. The summed E-state index contributed by atoms with van der Waals surface area (Å²) in [4.78, 5) is 0. The molecule has 0 N–H and O–H groups in total. The van der Waals surface area contributed by atoms with E-state index in [1.54, 1.807) is 0 Å². The van der Waals surface area contributed by atoms with E-state index in [1.807, 2.05) is 13.8 Å². The van der Waals surface area contributed by atoms with Crippen molar-refractivity contribution in [2.45, 2.75) is 34.6 Å². The van der Waals surface area contributed by atoms with Crippen LogP contribution in [0.1, 0.15) is 34.6 Å². The molecule has 0 bridgehead atoms. The van der Waals surface area contributed by atoms with Crippen LogP contribution in [0.3, 0.4) is 0 Å². The maximum atomic E-state index is 5.28. The molecule has 1 radical (unpaired) electrons. The Kier molecular flexibility index (Phi) is 8.70. The van der Waals surface area contributed by atoms with Crippen LogP contribution < -0.4 is 0 Å². The molecule has 0 fully saturated rings. The molecular formula is C9H18OY-2. The van der Waals surface area contributed by atoms with Crippen LogP contribution in [0.2, 0.25) is 0 Å². The zero-order valence-corrected chi connectivity index (χ0v) is 11.1. The molecule has 0 saturated heterocycles. The molecule has 0 saturated carbocycles. The summed E-state index contributed by atoms with van der Waals surface area (Å²) in [5.74, 6) is 0. The Balaban J connectivity index is 0. The van der Waals surface area contributed by atoms with Gasteiger partial charge in [-0.2, -0.15) is 19.3 Å². The van der Waals surface area contributed by atoms with E-state index >= 15 is 0 Å². The van der Waals surface area contributed by atoms with Crippen LogP contribution in [0.5, 0.6) is 0 Å². The van der Waals surface area contributed by atoms with Gasteiger partial charge in [0.25, 0.3) is 0 Å². The summed E-state index contributed by atoms with van der Waals surface area (Å²) in [6.07, 6.45) is 3.19. The monoisotopic (exact) mass is 231 g/mol. The average molecular weight is 231 g/mol. The smallest absolute Gasteiger partial charge is 0 e. The molecule has 0 aliphatic heterocycles. The van der Waals surface area contributed by atoms with Gasteiger partial charge in [0, 0.05) is 32.7 Å². The molecule has 0 aromatic heterocycles. The summed E-state index contributed by atoms with van der Waals surface area (Å²) < 4.78 is 5.28. The van der Waals surface area contributed by atoms with Gasteiger partial charge in [0.05, 0.1) is 0 Å². The van der Waals surface area contributed by atoms with Crippen LogP contribution in [0.25, 0.3) is 0 Å². The van der Waals surface area contributed by atoms with E-state index in [-0.39, 0.29) is 38.1 Å². The average Bonchev–Trinajstić information content (AvgIpc) is 1.59. The van der Waals surface area contributed by atoms with Gasteiger partial charge in [-0.15, -0.1) is 6.61 Å². The molecule has 0 heterocycles. The van der Waals surface area contributed by atoms with Gasteiger partial charge in [0.1, 0.15) is 0 Å². The van der Waals surface area contributed by atoms with Crippen molar-refractivity contribution in [3.8, 4) is 0 Å². The van der Waals surface area contributed by atoms with Crippen molar-refractivity contribution in [3.05, 3.63) is 12.5 Å². The first-order chi connectivity index (χ1) is 4.42. The third kappa shape index (κ3) is 14.0. The van der Waals surface area contributed by atoms with Crippen LogP contribution in [-0.2, 0) is 37.4 Å². The minimum absolute atomic E-state index is 0. The molecule has 0 aliphatic rings. The van der Waals surface area contributed by atoms with Crippen LogP contribution in [0, 0.1) is 17.9 Å². The van der Waals surface area contributed by atoms with Crippen LogP contribution in [0.4, 0.5) is 0 Å². The summed E-state index contributed by atoms with van der Waals surface area (Å²) in [6, 6.07) is 0. The molecule has 0 spiro atoms. The molecule has 0 aromatic rings. The molecule has 0 rings (SSSR count). The fraction of sp³-hybridized carbons (Fsp3) is 0.778. The van der Waals surface area contributed by atoms with Gasteiger partial charge >= 0.3 is 0 Å². The second kappa shape index (κ2) is 6.57. The van der Waals surface area contributed by atoms with E-state index in [4.69, 9.17) is 4.74 Å². The molecule has 1 nitrogen and oxygen atoms in total. The first-order valence-electron chi connectivity index (χ1n) is 3.69. The fourth-order valence-corrected chi connectivity index (χ4v) is 0.458. The molecule has 0 aliphatic carbocycles. The summed E-state index contributed by atoms with van der Waals surface area (Å²) in [7, 11) is 0. The second-order valence-electron chi connectivity index (χ2n) is 3.79. The Morgan fingerprint density at radius 2 is 1.73 bits per heavy atom. The third-order valence-electron chi connectivity index (χ3n) is 1.07. The van der Waals surface area contributed by atoms with E-state index in [1.165, 1.54) is 0 Å². The van der Waals surface area contributed by atoms with Gasteiger partial charge in [-0.3, -0.25) is 0 Å². The van der Waals surface area contributed by atoms with Crippen molar-refractivity contribution < 1.29 is 37.4 Å². The maximum Gasteiger partial charge on any atom is 0 e. The van der Waals surface area contributed by atoms with E-state index in [2.05, 4.69) is 27.2 Å². The Bertz CT molecular complexity index is 84.1. The van der Waals surface area contributed by atoms with Crippen molar-refractivity contribution in [2.24, 2.45) is 5.41 Å². The minimum Gasteiger partial charge on any atom is -0.575 e. The van der Waals surface area contributed by atoms with Gasteiger partial charge in [0.2, 0.25) is 0 Å². The van der Waals surface area contributed by atoms with E-state index in [0.29, 0.717) is 0 Å². The maximum absolute atomic E-state index is 5.28. The van der Waals surface area contributed by atoms with Gasteiger partial charge in [-0.05, 0) is 0 Å². The van der Waals surface area contributed by atoms with Crippen molar-refractivity contribution in [3.63, 3.8) is 0 Å². The van der Waals surface area contributed by atoms with Gasteiger partial charge in [-0.25, -0.2) is 6.10 Å². The largest absolute Gasteiger partial charge is 0.575 e.